The van der Waals surface area contributed by atoms with Gasteiger partial charge >= 0.3 is 11.9 Å². The molecule has 0 aliphatic heterocycles. The third kappa shape index (κ3) is 10.8. The first-order valence-corrected chi connectivity index (χ1v) is 13.2. The number of rotatable bonds is 13. The highest BCUT2D eigenvalue weighted by molar-refractivity contribution is 6.74. The highest BCUT2D eigenvalue weighted by atomic mass is 28.4. The number of hydrogen-bond acceptors (Lipinski definition) is 5. The Hall–Kier alpha value is -1.40. The van der Waals surface area contributed by atoms with E-state index in [2.05, 4.69) is 40.4 Å². The molecule has 0 heterocycles. The van der Waals surface area contributed by atoms with Crippen molar-refractivity contribution in [2.24, 2.45) is 0 Å². The largest absolute Gasteiger partial charge is 0.466 e. The molecule has 0 aromatic heterocycles. The van der Waals surface area contributed by atoms with E-state index in [1.807, 2.05) is 6.08 Å². The molecule has 162 valence electrons. The van der Waals surface area contributed by atoms with Crippen molar-refractivity contribution in [1.29, 1.82) is 0 Å². The van der Waals surface area contributed by atoms with E-state index < -0.39 is 8.32 Å². The molecule has 0 fully saturated rings. The smallest absolute Gasteiger partial charge is 0.310 e. The van der Waals surface area contributed by atoms with Crippen molar-refractivity contribution in [2.75, 3.05) is 19.8 Å². The Kier molecular flexibility index (Phi) is 12.3. The Bertz CT molecular complexity index is 544. The van der Waals surface area contributed by atoms with Gasteiger partial charge in [-0.3, -0.25) is 9.59 Å². The van der Waals surface area contributed by atoms with Gasteiger partial charge in [-0.2, -0.15) is 0 Å². The van der Waals surface area contributed by atoms with Gasteiger partial charge in [-0.25, -0.2) is 0 Å². The molecule has 6 heteroatoms. The minimum atomic E-state index is -1.70. The van der Waals surface area contributed by atoms with E-state index in [0.29, 0.717) is 18.8 Å². The second-order valence-corrected chi connectivity index (χ2v) is 13.2. The fourth-order valence-electron chi connectivity index (χ4n) is 2.28. The maximum Gasteiger partial charge on any atom is 0.310 e. The van der Waals surface area contributed by atoms with Gasteiger partial charge in [-0.1, -0.05) is 33.4 Å². The lowest BCUT2D eigenvalue weighted by molar-refractivity contribution is -0.143. The van der Waals surface area contributed by atoms with Gasteiger partial charge in [0.1, 0.15) is 0 Å². The summed E-state index contributed by atoms with van der Waals surface area (Å²) in [6.07, 6.45) is 4.93. The summed E-state index contributed by atoms with van der Waals surface area (Å²) in [5, 5.41) is 0.213. The molecule has 0 atom stereocenters. The van der Waals surface area contributed by atoms with Gasteiger partial charge in [0, 0.05) is 6.61 Å². The summed E-state index contributed by atoms with van der Waals surface area (Å²) in [5.41, 5.74) is 1.38. The topological polar surface area (TPSA) is 61.8 Å². The Morgan fingerprint density at radius 3 is 2.00 bits per heavy atom. The van der Waals surface area contributed by atoms with Crippen molar-refractivity contribution in [3.63, 3.8) is 0 Å². The first-order chi connectivity index (χ1) is 12.9. The molecule has 0 radical (unpaired) electrons. The Morgan fingerprint density at radius 1 is 0.964 bits per heavy atom. The van der Waals surface area contributed by atoms with Crippen LogP contribution in [0.4, 0.5) is 0 Å². The van der Waals surface area contributed by atoms with Crippen LogP contribution in [0.3, 0.4) is 0 Å². The van der Waals surface area contributed by atoms with Crippen molar-refractivity contribution in [2.45, 2.75) is 84.9 Å². The SMILES string of the molecule is C=C(CC(=O)OCC)/C(=C/CCCCO[Si](C)(C)C(C)(C)C)CC(=O)OCC. The zero-order chi connectivity index (χ0) is 21.8. The summed E-state index contributed by atoms with van der Waals surface area (Å²) < 4.78 is 16.2. The molecule has 0 saturated carbocycles. The van der Waals surface area contributed by atoms with Crippen LogP contribution in [0.1, 0.15) is 66.7 Å². The normalized spacial score (nSPS) is 12.6. The van der Waals surface area contributed by atoms with Crippen LogP contribution in [0.25, 0.3) is 0 Å². The van der Waals surface area contributed by atoms with E-state index in [-0.39, 0.29) is 29.8 Å². The van der Waals surface area contributed by atoms with Crippen LogP contribution >= 0.6 is 0 Å². The van der Waals surface area contributed by atoms with Crippen LogP contribution in [-0.4, -0.2) is 40.1 Å². The highest BCUT2D eigenvalue weighted by Gasteiger charge is 2.36. The number of ether oxygens (including phenoxy) is 2. The molecule has 0 aliphatic carbocycles. The second-order valence-electron chi connectivity index (χ2n) is 8.40. The van der Waals surface area contributed by atoms with Crippen LogP contribution in [0, 0.1) is 0 Å². The zero-order valence-corrected chi connectivity index (χ0v) is 20.0. The molecule has 5 nitrogen and oxygen atoms in total. The molecule has 0 spiro atoms. The molecule has 0 bridgehead atoms. The average Bonchev–Trinajstić information content (AvgIpc) is 2.56. The molecule has 0 rings (SSSR count). The third-order valence-electron chi connectivity index (χ3n) is 5.02. The molecule has 0 unspecified atom stereocenters. The first kappa shape index (κ1) is 26.6. The van der Waals surface area contributed by atoms with Crippen molar-refractivity contribution in [3.05, 3.63) is 23.8 Å². The molecular formula is C22H40O5Si. The number of unbranched alkanes of at least 4 members (excludes halogenated alkanes) is 2. The Balaban J connectivity index is 4.66. The lowest BCUT2D eigenvalue weighted by atomic mass is 9.99. The van der Waals surface area contributed by atoms with Gasteiger partial charge in [0.15, 0.2) is 8.32 Å². The monoisotopic (exact) mass is 412 g/mol. The van der Waals surface area contributed by atoms with Gasteiger partial charge in [0.2, 0.25) is 0 Å². The Labute approximate surface area is 172 Å². The Morgan fingerprint density at radius 2 is 1.50 bits per heavy atom. The highest BCUT2D eigenvalue weighted by Crippen LogP contribution is 2.36. The van der Waals surface area contributed by atoms with Gasteiger partial charge in [0.05, 0.1) is 26.1 Å². The summed E-state index contributed by atoms with van der Waals surface area (Å²) in [6.45, 7) is 20.1. The van der Waals surface area contributed by atoms with Gasteiger partial charge in [-0.05, 0) is 62.4 Å². The molecule has 0 aliphatic rings. The second kappa shape index (κ2) is 12.9. The predicted molar refractivity (Wildman–Crippen MR) is 117 cm³/mol. The van der Waals surface area contributed by atoms with Crippen LogP contribution < -0.4 is 0 Å². The molecule has 28 heavy (non-hydrogen) atoms. The number of carbonyl (C=O) groups excluding carboxylic acids is 2. The van der Waals surface area contributed by atoms with E-state index in [0.717, 1.165) is 31.4 Å². The summed E-state index contributed by atoms with van der Waals surface area (Å²) >= 11 is 0. The van der Waals surface area contributed by atoms with Crippen molar-refractivity contribution >= 4 is 20.3 Å². The standard InChI is InChI=1S/C22H40O5Si/c1-9-25-20(23)16-18(3)19(17-21(24)26-10-2)14-12-11-13-15-27-28(7,8)22(4,5)6/h14H,3,9-13,15-17H2,1-2,4-8H3/b19-14+. The van der Waals surface area contributed by atoms with Crippen molar-refractivity contribution in [3.8, 4) is 0 Å². The average molecular weight is 413 g/mol. The molecule has 0 aromatic carbocycles. The molecule has 0 aromatic rings. The van der Waals surface area contributed by atoms with E-state index in [1.165, 1.54) is 0 Å². The molecular weight excluding hydrogens is 372 g/mol. The maximum atomic E-state index is 11.9. The van der Waals surface area contributed by atoms with Crippen LogP contribution in [0.5, 0.6) is 0 Å². The number of carbonyl (C=O) groups is 2. The summed E-state index contributed by atoms with van der Waals surface area (Å²) in [6, 6.07) is 0. The van der Waals surface area contributed by atoms with E-state index >= 15 is 0 Å². The fourth-order valence-corrected chi connectivity index (χ4v) is 3.36. The number of esters is 2. The summed E-state index contributed by atoms with van der Waals surface area (Å²) in [4.78, 5) is 23.6. The lowest BCUT2D eigenvalue weighted by Crippen LogP contribution is -2.40. The van der Waals surface area contributed by atoms with Crippen molar-refractivity contribution < 1.29 is 23.5 Å². The zero-order valence-electron chi connectivity index (χ0n) is 19.0. The summed E-state index contributed by atoms with van der Waals surface area (Å²) in [5.74, 6) is -0.634. The van der Waals surface area contributed by atoms with Gasteiger partial charge < -0.3 is 13.9 Å². The first-order valence-electron chi connectivity index (χ1n) is 10.3. The van der Waals surface area contributed by atoms with E-state index in [4.69, 9.17) is 13.9 Å². The number of allylic oxidation sites excluding steroid dienone is 1. The quantitative estimate of drug-likeness (QED) is 0.171. The summed E-state index contributed by atoms with van der Waals surface area (Å²) in [7, 11) is -1.70. The van der Waals surface area contributed by atoms with Gasteiger partial charge in [0.25, 0.3) is 0 Å². The van der Waals surface area contributed by atoms with Crippen LogP contribution in [0.15, 0.2) is 23.8 Å². The van der Waals surface area contributed by atoms with Crippen LogP contribution in [-0.2, 0) is 23.5 Å². The fraction of sp³-hybridized carbons (Fsp3) is 0.727. The molecule has 0 saturated heterocycles. The van der Waals surface area contributed by atoms with E-state index in [1.54, 1.807) is 13.8 Å². The lowest BCUT2D eigenvalue weighted by Gasteiger charge is -2.36. The van der Waals surface area contributed by atoms with Crippen molar-refractivity contribution in [1.82, 2.24) is 0 Å². The van der Waals surface area contributed by atoms with Gasteiger partial charge in [-0.15, -0.1) is 0 Å². The van der Waals surface area contributed by atoms with Crippen LogP contribution in [0.2, 0.25) is 18.1 Å². The van der Waals surface area contributed by atoms with E-state index in [9.17, 15) is 9.59 Å². The minimum absolute atomic E-state index is 0.0908. The molecule has 0 N–H and O–H groups in total. The minimum Gasteiger partial charge on any atom is -0.466 e. The molecule has 0 amide bonds. The predicted octanol–water partition coefficient (Wildman–Crippen LogP) is 5.57. The number of hydrogen-bond donors (Lipinski definition) is 0. The maximum absolute atomic E-state index is 11.9. The third-order valence-corrected chi connectivity index (χ3v) is 9.55.